The third kappa shape index (κ3) is 3.49. The number of halogens is 1. The summed E-state index contributed by atoms with van der Waals surface area (Å²) >= 11 is 3.51. The van der Waals surface area contributed by atoms with Gasteiger partial charge in [0.1, 0.15) is 0 Å². The first-order chi connectivity index (χ1) is 11.5. The lowest BCUT2D eigenvalue weighted by atomic mass is 9.77. The van der Waals surface area contributed by atoms with Gasteiger partial charge >= 0.3 is 5.97 Å². The molecule has 1 aliphatic carbocycles. The summed E-state index contributed by atoms with van der Waals surface area (Å²) in [5.41, 5.74) is 0.579. The lowest BCUT2D eigenvalue weighted by molar-refractivity contribution is -0.150. The van der Waals surface area contributed by atoms with Crippen molar-refractivity contribution in [1.82, 2.24) is 4.90 Å². The minimum absolute atomic E-state index is 0.0618. The van der Waals surface area contributed by atoms with Gasteiger partial charge in [0, 0.05) is 17.6 Å². The largest absolute Gasteiger partial charge is 0.481 e. The van der Waals surface area contributed by atoms with Crippen molar-refractivity contribution in [1.29, 1.82) is 0 Å². The summed E-state index contributed by atoms with van der Waals surface area (Å²) in [7, 11) is 0. The van der Waals surface area contributed by atoms with Crippen molar-refractivity contribution >= 4 is 27.8 Å². The first-order valence-corrected chi connectivity index (χ1v) is 9.19. The maximum absolute atomic E-state index is 13.4. The average molecular weight is 396 g/mol. The van der Waals surface area contributed by atoms with E-state index in [1.54, 1.807) is 0 Å². The van der Waals surface area contributed by atoms with Gasteiger partial charge < -0.3 is 14.7 Å². The highest BCUT2D eigenvalue weighted by Crippen LogP contribution is 2.43. The topological polar surface area (TPSA) is 66.8 Å². The first-order valence-electron chi connectivity index (χ1n) is 8.40. The SMILES string of the molecule is O=C(O)CC1CN(C(=O)C2(c3cccc(Br)c3)CCCC2)CCO1. The fraction of sp³-hybridized carbons (Fsp3) is 0.556. The van der Waals surface area contributed by atoms with E-state index < -0.39 is 17.5 Å². The number of carboxylic acids is 1. The Labute approximate surface area is 150 Å². The maximum Gasteiger partial charge on any atom is 0.306 e. The Hall–Kier alpha value is -1.40. The van der Waals surface area contributed by atoms with E-state index in [2.05, 4.69) is 15.9 Å². The Kier molecular flexibility index (Phi) is 5.25. The number of rotatable bonds is 4. The van der Waals surface area contributed by atoms with Crippen molar-refractivity contribution in [2.24, 2.45) is 0 Å². The number of morpholine rings is 1. The molecule has 1 unspecified atom stereocenters. The number of amides is 1. The molecule has 1 N–H and O–H groups in total. The number of carboxylic acid groups (broad SMARTS) is 1. The molecule has 130 valence electrons. The summed E-state index contributed by atoms with van der Waals surface area (Å²) in [4.78, 5) is 26.1. The lowest BCUT2D eigenvalue weighted by Gasteiger charge is -2.39. The zero-order valence-corrected chi connectivity index (χ0v) is 15.1. The molecule has 0 bridgehead atoms. The predicted octanol–water partition coefficient (Wildman–Crippen LogP) is 2.96. The molecule has 0 radical (unpaired) electrons. The highest BCUT2D eigenvalue weighted by Gasteiger charge is 2.45. The summed E-state index contributed by atoms with van der Waals surface area (Å²) in [5.74, 6) is -0.770. The van der Waals surface area contributed by atoms with Gasteiger partial charge in [0.15, 0.2) is 0 Å². The number of aliphatic carboxylic acids is 1. The molecule has 1 heterocycles. The number of carbonyl (C=O) groups is 2. The molecule has 24 heavy (non-hydrogen) atoms. The summed E-state index contributed by atoms with van der Waals surface area (Å²) in [6.45, 7) is 1.30. The molecule has 3 rings (SSSR count). The van der Waals surface area contributed by atoms with Gasteiger partial charge in [0.05, 0.1) is 24.5 Å². The number of carbonyl (C=O) groups excluding carboxylic acids is 1. The number of nitrogens with zero attached hydrogens (tertiary/aromatic N) is 1. The molecule has 6 heteroatoms. The van der Waals surface area contributed by atoms with Crippen LogP contribution < -0.4 is 0 Å². The Bertz CT molecular complexity index is 627. The Morgan fingerprint density at radius 1 is 1.33 bits per heavy atom. The molecule has 1 aromatic rings. The van der Waals surface area contributed by atoms with E-state index in [0.29, 0.717) is 19.7 Å². The normalized spacial score (nSPS) is 23.2. The zero-order chi connectivity index (χ0) is 17.2. The summed E-state index contributed by atoms with van der Waals surface area (Å²) < 4.78 is 6.48. The van der Waals surface area contributed by atoms with E-state index in [9.17, 15) is 9.59 Å². The van der Waals surface area contributed by atoms with Crippen LogP contribution in [0.25, 0.3) is 0 Å². The van der Waals surface area contributed by atoms with E-state index in [1.807, 2.05) is 29.2 Å². The third-order valence-electron chi connectivity index (χ3n) is 5.07. The maximum atomic E-state index is 13.4. The highest BCUT2D eigenvalue weighted by atomic mass is 79.9. The molecule has 0 aromatic heterocycles. The van der Waals surface area contributed by atoms with Crippen LogP contribution in [0, 0.1) is 0 Å². The van der Waals surface area contributed by atoms with Crippen molar-refractivity contribution in [3.05, 3.63) is 34.3 Å². The van der Waals surface area contributed by atoms with Gasteiger partial charge in [-0.1, -0.05) is 40.9 Å². The van der Waals surface area contributed by atoms with Crippen LogP contribution in [0.2, 0.25) is 0 Å². The van der Waals surface area contributed by atoms with Crippen LogP contribution in [0.3, 0.4) is 0 Å². The highest BCUT2D eigenvalue weighted by molar-refractivity contribution is 9.10. The standard InChI is InChI=1S/C18H22BrNO4/c19-14-5-3-4-13(10-14)18(6-1-2-7-18)17(23)20-8-9-24-15(12-20)11-16(21)22/h3-5,10,15H,1-2,6-9,11-12H2,(H,21,22). The average Bonchev–Trinajstić information content (AvgIpc) is 3.05. The predicted molar refractivity (Wildman–Crippen MR) is 92.9 cm³/mol. The van der Waals surface area contributed by atoms with E-state index in [0.717, 1.165) is 35.7 Å². The molecule has 1 saturated heterocycles. The van der Waals surface area contributed by atoms with Gasteiger partial charge in [0.2, 0.25) is 5.91 Å². The number of hydrogen-bond acceptors (Lipinski definition) is 3. The van der Waals surface area contributed by atoms with Gasteiger partial charge in [0.25, 0.3) is 0 Å². The second-order valence-electron chi connectivity index (χ2n) is 6.64. The first kappa shape index (κ1) is 17.4. The minimum Gasteiger partial charge on any atom is -0.481 e. The van der Waals surface area contributed by atoms with Crippen LogP contribution in [0.4, 0.5) is 0 Å². The van der Waals surface area contributed by atoms with E-state index in [4.69, 9.17) is 9.84 Å². The summed E-state index contributed by atoms with van der Waals surface area (Å²) in [5, 5.41) is 8.97. The second kappa shape index (κ2) is 7.23. The Morgan fingerprint density at radius 3 is 2.75 bits per heavy atom. The van der Waals surface area contributed by atoms with Gasteiger partial charge in [-0.15, -0.1) is 0 Å². The molecular weight excluding hydrogens is 374 g/mol. The van der Waals surface area contributed by atoms with Crippen LogP contribution in [0.15, 0.2) is 28.7 Å². The van der Waals surface area contributed by atoms with E-state index >= 15 is 0 Å². The number of ether oxygens (including phenoxy) is 1. The quantitative estimate of drug-likeness (QED) is 0.850. The number of hydrogen-bond donors (Lipinski definition) is 1. The van der Waals surface area contributed by atoms with Crippen LogP contribution in [-0.4, -0.2) is 47.7 Å². The Morgan fingerprint density at radius 2 is 2.08 bits per heavy atom. The van der Waals surface area contributed by atoms with Crippen molar-refractivity contribution in [3.8, 4) is 0 Å². The van der Waals surface area contributed by atoms with Crippen LogP contribution in [0.1, 0.15) is 37.7 Å². The van der Waals surface area contributed by atoms with Gasteiger partial charge in [-0.2, -0.15) is 0 Å². The van der Waals surface area contributed by atoms with Gasteiger partial charge in [-0.3, -0.25) is 9.59 Å². The molecule has 1 aromatic carbocycles. The van der Waals surface area contributed by atoms with E-state index in [1.165, 1.54) is 0 Å². The van der Waals surface area contributed by atoms with Crippen LogP contribution in [0.5, 0.6) is 0 Å². The third-order valence-corrected chi connectivity index (χ3v) is 5.57. The fourth-order valence-corrected chi connectivity index (χ4v) is 4.31. The molecule has 2 fully saturated rings. The second-order valence-corrected chi connectivity index (χ2v) is 7.56. The fourth-order valence-electron chi connectivity index (χ4n) is 3.92. The van der Waals surface area contributed by atoms with E-state index in [-0.39, 0.29) is 12.3 Å². The lowest BCUT2D eigenvalue weighted by Crippen LogP contribution is -2.52. The van der Waals surface area contributed by atoms with Crippen LogP contribution >= 0.6 is 15.9 Å². The van der Waals surface area contributed by atoms with Crippen molar-refractivity contribution < 1.29 is 19.4 Å². The number of benzene rings is 1. The molecule has 1 aliphatic heterocycles. The molecule has 1 saturated carbocycles. The molecule has 1 atom stereocenters. The smallest absolute Gasteiger partial charge is 0.306 e. The minimum atomic E-state index is -0.892. The van der Waals surface area contributed by atoms with Crippen molar-refractivity contribution in [2.75, 3.05) is 19.7 Å². The monoisotopic (exact) mass is 395 g/mol. The molecule has 5 nitrogen and oxygen atoms in total. The Balaban J connectivity index is 1.83. The molecular formula is C18H22BrNO4. The summed E-state index contributed by atoms with van der Waals surface area (Å²) in [6, 6.07) is 8.01. The zero-order valence-electron chi connectivity index (χ0n) is 13.5. The molecule has 1 amide bonds. The summed E-state index contributed by atoms with van der Waals surface area (Å²) in [6.07, 6.45) is 3.31. The van der Waals surface area contributed by atoms with Crippen molar-refractivity contribution in [2.45, 2.75) is 43.6 Å². The van der Waals surface area contributed by atoms with Gasteiger partial charge in [-0.05, 0) is 30.5 Å². The van der Waals surface area contributed by atoms with Gasteiger partial charge in [-0.25, -0.2) is 0 Å². The molecule has 0 spiro atoms. The van der Waals surface area contributed by atoms with Crippen molar-refractivity contribution in [3.63, 3.8) is 0 Å². The van der Waals surface area contributed by atoms with Crippen LogP contribution in [-0.2, 0) is 19.7 Å². The molecule has 2 aliphatic rings.